The fourth-order valence-electron chi connectivity index (χ4n) is 4.24. The molecule has 0 N–H and O–H groups in total. The number of likely N-dealkylation sites (tertiary alicyclic amines) is 1. The summed E-state index contributed by atoms with van der Waals surface area (Å²) < 4.78 is 43.6. The Balaban J connectivity index is 1.53. The summed E-state index contributed by atoms with van der Waals surface area (Å²) in [6.45, 7) is 2.87. The molecular formula is C26H25F3N2O4S. The fourth-order valence-corrected chi connectivity index (χ4v) is 5.34. The second-order valence-corrected chi connectivity index (χ2v) is 9.70. The van der Waals surface area contributed by atoms with Crippen molar-refractivity contribution >= 4 is 41.3 Å². The number of anilines is 1. The number of likely N-dealkylation sites (N-methyl/N-ethyl adjacent to an activating group) is 1. The Bertz CT molecular complexity index is 1210. The van der Waals surface area contributed by atoms with Gasteiger partial charge in [0.2, 0.25) is 0 Å². The Hall–Kier alpha value is -3.27. The molecule has 2 aromatic carbocycles. The molecule has 0 spiro atoms. The van der Waals surface area contributed by atoms with Crippen LogP contribution in [0.5, 0.6) is 0 Å². The number of esters is 1. The summed E-state index contributed by atoms with van der Waals surface area (Å²) in [5, 5.41) is 0. The second-order valence-electron chi connectivity index (χ2n) is 8.62. The molecule has 0 radical (unpaired) electrons. The predicted octanol–water partition coefficient (Wildman–Crippen LogP) is 5.23. The number of piperidine rings is 1. The topological polar surface area (TPSA) is 66.9 Å². The summed E-state index contributed by atoms with van der Waals surface area (Å²) in [6, 6.07) is 9.70. The van der Waals surface area contributed by atoms with Crippen molar-refractivity contribution in [3.63, 3.8) is 0 Å². The van der Waals surface area contributed by atoms with Gasteiger partial charge < -0.3 is 14.5 Å². The first-order valence-corrected chi connectivity index (χ1v) is 12.3. The van der Waals surface area contributed by atoms with Crippen molar-refractivity contribution in [2.45, 2.75) is 30.8 Å². The highest BCUT2D eigenvalue weighted by atomic mass is 32.2. The van der Waals surface area contributed by atoms with E-state index in [-0.39, 0.29) is 30.2 Å². The van der Waals surface area contributed by atoms with Crippen molar-refractivity contribution in [1.82, 2.24) is 4.90 Å². The molecule has 1 fully saturated rings. The number of ether oxygens (including phenoxy) is 1. The molecule has 4 rings (SSSR count). The third-order valence-electron chi connectivity index (χ3n) is 6.17. The quantitative estimate of drug-likeness (QED) is 0.410. The van der Waals surface area contributed by atoms with E-state index in [1.165, 1.54) is 28.8 Å². The molecule has 0 bridgehead atoms. The lowest BCUT2D eigenvalue weighted by atomic mass is 9.97. The van der Waals surface area contributed by atoms with Gasteiger partial charge in [0.15, 0.2) is 0 Å². The number of amides is 2. The van der Waals surface area contributed by atoms with Crippen molar-refractivity contribution < 1.29 is 32.3 Å². The maximum Gasteiger partial charge on any atom is 0.416 e. The number of halogens is 3. The van der Waals surface area contributed by atoms with Crippen LogP contribution in [0, 0.1) is 5.92 Å². The van der Waals surface area contributed by atoms with Crippen molar-refractivity contribution in [2.75, 3.05) is 31.6 Å². The van der Waals surface area contributed by atoms with Gasteiger partial charge in [-0.1, -0.05) is 23.9 Å². The minimum absolute atomic E-state index is 0.219. The molecular weight excluding hydrogens is 493 g/mol. The molecule has 0 aromatic heterocycles. The van der Waals surface area contributed by atoms with Gasteiger partial charge in [-0.05, 0) is 61.7 Å². The molecule has 2 amide bonds. The first-order chi connectivity index (χ1) is 17.1. The zero-order chi connectivity index (χ0) is 26.0. The third-order valence-corrected chi connectivity index (χ3v) is 7.24. The van der Waals surface area contributed by atoms with E-state index in [4.69, 9.17) is 4.74 Å². The average Bonchev–Trinajstić information content (AvgIpc) is 2.86. The number of carbonyl (C=O) groups excluding carboxylic acids is 3. The van der Waals surface area contributed by atoms with Gasteiger partial charge in [0, 0.05) is 30.6 Å². The Labute approximate surface area is 211 Å². The van der Waals surface area contributed by atoms with E-state index in [9.17, 15) is 27.6 Å². The lowest BCUT2D eigenvalue weighted by Gasteiger charge is -2.32. The van der Waals surface area contributed by atoms with Crippen LogP contribution in [-0.2, 0) is 20.5 Å². The third kappa shape index (κ3) is 5.43. The number of thioether (sulfide) groups is 1. The lowest BCUT2D eigenvalue weighted by Crippen LogP contribution is -2.43. The summed E-state index contributed by atoms with van der Waals surface area (Å²) in [7, 11) is 1.59. The number of nitrogens with zero attached hydrogens (tertiary/aromatic N) is 2. The van der Waals surface area contributed by atoms with Gasteiger partial charge in [-0.25, -0.2) is 0 Å². The van der Waals surface area contributed by atoms with Crippen LogP contribution in [0.4, 0.5) is 18.9 Å². The van der Waals surface area contributed by atoms with Gasteiger partial charge in [-0.2, -0.15) is 13.2 Å². The van der Waals surface area contributed by atoms with Gasteiger partial charge in [-0.15, -0.1) is 0 Å². The Morgan fingerprint density at radius 1 is 1.17 bits per heavy atom. The van der Waals surface area contributed by atoms with Crippen LogP contribution in [0.1, 0.15) is 41.3 Å². The van der Waals surface area contributed by atoms with Crippen LogP contribution in [0.3, 0.4) is 0 Å². The highest BCUT2D eigenvalue weighted by Crippen LogP contribution is 2.42. The maximum absolute atomic E-state index is 13.2. The molecule has 0 saturated carbocycles. The molecule has 10 heteroatoms. The number of benzene rings is 2. The molecule has 1 saturated heterocycles. The van der Waals surface area contributed by atoms with Crippen LogP contribution in [0.2, 0.25) is 0 Å². The van der Waals surface area contributed by atoms with Crippen LogP contribution in [0.15, 0.2) is 52.3 Å². The minimum atomic E-state index is -4.43. The van der Waals surface area contributed by atoms with Gasteiger partial charge in [0.1, 0.15) is 0 Å². The number of hydrogen-bond donors (Lipinski definition) is 0. The number of hydrogen-bond acceptors (Lipinski definition) is 5. The van der Waals surface area contributed by atoms with Crippen molar-refractivity contribution in [2.24, 2.45) is 5.92 Å². The second kappa shape index (κ2) is 10.4. The van der Waals surface area contributed by atoms with E-state index in [0.29, 0.717) is 47.7 Å². The van der Waals surface area contributed by atoms with E-state index in [2.05, 4.69) is 0 Å². The average molecular weight is 519 g/mol. The number of rotatable bonds is 4. The van der Waals surface area contributed by atoms with Crippen molar-refractivity contribution in [3.05, 3.63) is 64.1 Å². The standard InChI is InChI=1S/C26H25F3N2O4S/c1-3-35-25(34)18-5-4-12-31(15-18)23(32)17-8-11-21-20(14-17)30(2)24(33)22(36-21)13-16-6-9-19(10-7-16)26(27,28)29/h6-11,13-14,18H,3-5,12,15H2,1-2H3/b22-13-/t18-/m0/s1. The van der Waals surface area contributed by atoms with Gasteiger partial charge >= 0.3 is 12.1 Å². The van der Waals surface area contributed by atoms with Gasteiger partial charge in [0.25, 0.3) is 11.8 Å². The van der Waals surface area contributed by atoms with E-state index in [1.54, 1.807) is 43.1 Å². The number of fused-ring (bicyclic) bond motifs is 1. The summed E-state index contributed by atoms with van der Waals surface area (Å²) >= 11 is 1.20. The summed E-state index contributed by atoms with van der Waals surface area (Å²) in [5.41, 5.74) is 0.700. The molecule has 2 heterocycles. The normalized spacial score (nSPS) is 19.3. The molecule has 2 aliphatic heterocycles. The molecule has 2 aliphatic rings. The Morgan fingerprint density at radius 3 is 2.56 bits per heavy atom. The highest BCUT2D eigenvalue weighted by molar-refractivity contribution is 8.04. The molecule has 0 unspecified atom stereocenters. The predicted molar refractivity (Wildman–Crippen MR) is 130 cm³/mol. The van der Waals surface area contributed by atoms with Crippen LogP contribution in [0.25, 0.3) is 6.08 Å². The summed E-state index contributed by atoms with van der Waals surface area (Å²) in [6.07, 6.45) is -1.50. The van der Waals surface area contributed by atoms with Crippen molar-refractivity contribution in [3.8, 4) is 0 Å². The largest absolute Gasteiger partial charge is 0.466 e. The Morgan fingerprint density at radius 2 is 1.89 bits per heavy atom. The number of alkyl halides is 3. The maximum atomic E-state index is 13.2. The first-order valence-electron chi connectivity index (χ1n) is 11.5. The Kier molecular flexibility index (Phi) is 7.44. The lowest BCUT2D eigenvalue weighted by molar-refractivity contribution is -0.149. The summed E-state index contributed by atoms with van der Waals surface area (Å²) in [4.78, 5) is 42.5. The summed E-state index contributed by atoms with van der Waals surface area (Å²) in [5.74, 6) is -1.19. The van der Waals surface area contributed by atoms with Gasteiger partial charge in [-0.3, -0.25) is 14.4 Å². The molecule has 0 aliphatic carbocycles. The molecule has 1 atom stereocenters. The zero-order valence-corrected chi connectivity index (χ0v) is 20.6. The van der Waals surface area contributed by atoms with E-state index in [1.807, 2.05) is 0 Å². The SMILES string of the molecule is CCOC(=O)[C@H]1CCCN(C(=O)c2ccc3c(c2)N(C)C(=O)/C(=C/c2ccc(C(F)(F)F)cc2)S3)C1. The van der Waals surface area contributed by atoms with Crippen LogP contribution in [-0.4, -0.2) is 49.4 Å². The molecule has 6 nitrogen and oxygen atoms in total. The fraction of sp³-hybridized carbons (Fsp3) is 0.346. The van der Waals surface area contributed by atoms with E-state index >= 15 is 0 Å². The van der Waals surface area contributed by atoms with E-state index in [0.717, 1.165) is 17.0 Å². The van der Waals surface area contributed by atoms with Crippen molar-refractivity contribution in [1.29, 1.82) is 0 Å². The van der Waals surface area contributed by atoms with Crippen LogP contribution >= 0.6 is 11.8 Å². The highest BCUT2D eigenvalue weighted by Gasteiger charge is 2.32. The molecule has 190 valence electrons. The molecule has 36 heavy (non-hydrogen) atoms. The molecule has 2 aromatic rings. The monoisotopic (exact) mass is 518 g/mol. The smallest absolute Gasteiger partial charge is 0.416 e. The van der Waals surface area contributed by atoms with E-state index < -0.39 is 11.7 Å². The minimum Gasteiger partial charge on any atom is -0.466 e. The number of carbonyl (C=O) groups is 3. The van der Waals surface area contributed by atoms with Gasteiger partial charge in [0.05, 0.1) is 28.7 Å². The zero-order valence-electron chi connectivity index (χ0n) is 19.8. The first kappa shape index (κ1) is 25.8. The van der Waals surface area contributed by atoms with Crippen LogP contribution < -0.4 is 4.90 Å².